The highest BCUT2D eigenvalue weighted by Gasteiger charge is 2.12. The number of aldehydes is 1. The van der Waals surface area contributed by atoms with Crippen molar-refractivity contribution in [2.45, 2.75) is 13.8 Å². The van der Waals surface area contributed by atoms with Gasteiger partial charge in [0.1, 0.15) is 10.3 Å². The summed E-state index contributed by atoms with van der Waals surface area (Å²) in [5.74, 6) is 0.336. The van der Waals surface area contributed by atoms with Crippen LogP contribution in [-0.2, 0) is 0 Å². The number of hydrogen-bond acceptors (Lipinski definition) is 2. The Morgan fingerprint density at radius 3 is 2.75 bits per heavy atom. The third-order valence-electron chi connectivity index (χ3n) is 2.65. The molecular weight excluding hydrogens is 268 g/mol. The first kappa shape index (κ1) is 11.1. The van der Waals surface area contributed by atoms with Gasteiger partial charge in [0, 0.05) is 5.56 Å². The lowest BCUT2D eigenvalue weighted by atomic mass is 10.0. The first-order chi connectivity index (χ1) is 7.63. The number of nitrogens with zero attached hydrogens (tertiary/aromatic N) is 1. The lowest BCUT2D eigenvalue weighted by molar-refractivity contribution is 0.111. The molecule has 1 aromatic carbocycles. The lowest BCUT2D eigenvalue weighted by Crippen LogP contribution is -1.88. The Hall–Kier alpha value is -1.42. The molecule has 0 aliphatic heterocycles. The molecule has 0 aliphatic carbocycles. The van der Waals surface area contributed by atoms with Crippen LogP contribution in [0.15, 0.2) is 22.8 Å². The molecule has 0 saturated heterocycles. The van der Waals surface area contributed by atoms with Crippen molar-refractivity contribution < 1.29 is 4.79 Å². The maximum Gasteiger partial charge on any atom is 0.185 e. The predicted molar refractivity (Wildman–Crippen MR) is 66.6 cm³/mol. The van der Waals surface area contributed by atoms with Gasteiger partial charge in [-0.3, -0.25) is 4.79 Å². The summed E-state index contributed by atoms with van der Waals surface area (Å²) in [7, 11) is 0. The second-order valence-corrected chi connectivity index (χ2v) is 4.44. The molecule has 3 nitrogen and oxygen atoms in total. The molecule has 82 valence electrons. The molecule has 1 aromatic heterocycles. The minimum atomic E-state index is 0.336. The number of carbonyl (C=O) groups excluding carboxylic acids is 1. The molecule has 4 heteroatoms. The van der Waals surface area contributed by atoms with Gasteiger partial charge in [-0.25, -0.2) is 4.98 Å². The number of imidazole rings is 1. The number of rotatable bonds is 2. The zero-order valence-electron chi connectivity index (χ0n) is 9.04. The number of H-pyrrole nitrogens is 1. The van der Waals surface area contributed by atoms with Crippen molar-refractivity contribution in [3.05, 3.63) is 39.8 Å². The Bertz CT molecular complexity index is 546. The molecule has 0 radical (unpaired) electrons. The van der Waals surface area contributed by atoms with Gasteiger partial charge < -0.3 is 4.98 Å². The summed E-state index contributed by atoms with van der Waals surface area (Å²) in [5.41, 5.74) is 4.20. The van der Waals surface area contributed by atoms with Crippen molar-refractivity contribution in [2.75, 3.05) is 0 Å². The third-order valence-corrected chi connectivity index (χ3v) is 3.22. The summed E-state index contributed by atoms with van der Waals surface area (Å²) >= 11 is 3.38. The molecule has 0 amide bonds. The van der Waals surface area contributed by atoms with Crippen LogP contribution in [0.4, 0.5) is 0 Å². The number of nitrogens with one attached hydrogen (secondary N) is 1. The number of aryl methyl sites for hydroxylation is 1. The first-order valence-corrected chi connectivity index (χ1v) is 5.70. The van der Waals surface area contributed by atoms with Crippen molar-refractivity contribution in [1.29, 1.82) is 0 Å². The van der Waals surface area contributed by atoms with E-state index in [1.165, 1.54) is 11.1 Å². The highest BCUT2D eigenvalue weighted by atomic mass is 79.9. The van der Waals surface area contributed by atoms with Crippen LogP contribution in [0.3, 0.4) is 0 Å². The van der Waals surface area contributed by atoms with Gasteiger partial charge in [0.25, 0.3) is 0 Å². The van der Waals surface area contributed by atoms with E-state index in [-0.39, 0.29) is 0 Å². The van der Waals surface area contributed by atoms with Crippen molar-refractivity contribution in [1.82, 2.24) is 9.97 Å². The van der Waals surface area contributed by atoms with E-state index in [0.29, 0.717) is 12.1 Å². The molecule has 0 atom stereocenters. The van der Waals surface area contributed by atoms with Crippen molar-refractivity contribution in [2.24, 2.45) is 0 Å². The Morgan fingerprint density at radius 2 is 2.12 bits per heavy atom. The van der Waals surface area contributed by atoms with Crippen LogP contribution in [0.5, 0.6) is 0 Å². The highest BCUT2D eigenvalue weighted by Crippen LogP contribution is 2.29. The average Bonchev–Trinajstić information content (AvgIpc) is 2.64. The minimum absolute atomic E-state index is 0.336. The lowest BCUT2D eigenvalue weighted by Gasteiger charge is -2.05. The van der Waals surface area contributed by atoms with Crippen LogP contribution in [-0.4, -0.2) is 16.3 Å². The second-order valence-electron chi connectivity index (χ2n) is 3.65. The first-order valence-electron chi connectivity index (χ1n) is 4.90. The Morgan fingerprint density at radius 1 is 1.38 bits per heavy atom. The van der Waals surface area contributed by atoms with Crippen LogP contribution < -0.4 is 0 Å². The molecule has 1 N–H and O–H groups in total. The fourth-order valence-corrected chi connectivity index (χ4v) is 2.12. The van der Waals surface area contributed by atoms with Gasteiger partial charge in [0.05, 0.1) is 0 Å². The minimum Gasteiger partial charge on any atom is -0.330 e. The van der Waals surface area contributed by atoms with E-state index in [0.717, 1.165) is 15.9 Å². The van der Waals surface area contributed by atoms with Crippen LogP contribution >= 0.6 is 15.9 Å². The highest BCUT2D eigenvalue weighted by molar-refractivity contribution is 9.10. The summed E-state index contributed by atoms with van der Waals surface area (Å²) in [6.07, 6.45) is 0.708. The topological polar surface area (TPSA) is 45.8 Å². The molecule has 16 heavy (non-hydrogen) atoms. The van der Waals surface area contributed by atoms with Crippen LogP contribution in [0.25, 0.3) is 11.3 Å². The fourth-order valence-electron chi connectivity index (χ4n) is 1.61. The van der Waals surface area contributed by atoms with Crippen molar-refractivity contribution in [3.8, 4) is 11.3 Å². The van der Waals surface area contributed by atoms with Gasteiger partial charge in [-0.05, 0) is 40.9 Å². The smallest absolute Gasteiger partial charge is 0.185 e. The standard InChI is InChI=1S/C12H11BrN2O/c1-7-4-3-5-9(8(7)2)11-12(13)15-10(6-16)14-11/h3-6H,1-2H3,(H,14,15). The number of halogens is 1. The summed E-state index contributed by atoms with van der Waals surface area (Å²) in [6.45, 7) is 4.10. The van der Waals surface area contributed by atoms with Gasteiger partial charge in [-0.1, -0.05) is 18.2 Å². The van der Waals surface area contributed by atoms with Crippen molar-refractivity contribution in [3.63, 3.8) is 0 Å². The zero-order chi connectivity index (χ0) is 11.7. The summed E-state index contributed by atoms with van der Waals surface area (Å²) in [4.78, 5) is 17.7. The fraction of sp³-hybridized carbons (Fsp3) is 0.167. The monoisotopic (exact) mass is 278 g/mol. The summed E-state index contributed by atoms with van der Waals surface area (Å²) in [6, 6.07) is 6.04. The maximum absolute atomic E-state index is 10.6. The quantitative estimate of drug-likeness (QED) is 0.857. The average molecular weight is 279 g/mol. The predicted octanol–water partition coefficient (Wildman–Crippen LogP) is 3.27. The van der Waals surface area contributed by atoms with Gasteiger partial charge in [0.15, 0.2) is 12.1 Å². The van der Waals surface area contributed by atoms with E-state index in [2.05, 4.69) is 38.9 Å². The molecule has 2 aromatic rings. The second kappa shape index (κ2) is 4.22. The van der Waals surface area contributed by atoms with E-state index in [4.69, 9.17) is 0 Å². The molecule has 0 spiro atoms. The van der Waals surface area contributed by atoms with E-state index in [9.17, 15) is 4.79 Å². The van der Waals surface area contributed by atoms with Crippen LogP contribution in [0, 0.1) is 13.8 Å². The van der Waals surface area contributed by atoms with Gasteiger partial charge in [-0.15, -0.1) is 0 Å². The third kappa shape index (κ3) is 1.80. The van der Waals surface area contributed by atoms with E-state index < -0.39 is 0 Å². The molecule has 0 unspecified atom stereocenters. The number of aromatic amines is 1. The molecule has 0 saturated carbocycles. The number of aromatic nitrogens is 2. The maximum atomic E-state index is 10.6. The van der Waals surface area contributed by atoms with E-state index in [1.54, 1.807) is 0 Å². The Labute approximate surface area is 102 Å². The number of carbonyl (C=O) groups is 1. The molecule has 0 bridgehead atoms. The SMILES string of the molecule is Cc1cccc(-c2nc(C=O)[nH]c2Br)c1C. The largest absolute Gasteiger partial charge is 0.330 e. The summed E-state index contributed by atoms with van der Waals surface area (Å²) in [5, 5.41) is 0. The van der Waals surface area contributed by atoms with E-state index >= 15 is 0 Å². The molecule has 0 fully saturated rings. The number of benzene rings is 1. The molecular formula is C12H11BrN2O. The van der Waals surface area contributed by atoms with E-state index in [1.807, 2.05) is 19.1 Å². The zero-order valence-corrected chi connectivity index (χ0v) is 10.6. The van der Waals surface area contributed by atoms with Crippen LogP contribution in [0.1, 0.15) is 21.7 Å². The number of hydrogen-bond donors (Lipinski definition) is 1. The van der Waals surface area contributed by atoms with Crippen LogP contribution in [0.2, 0.25) is 0 Å². The van der Waals surface area contributed by atoms with Gasteiger partial charge >= 0.3 is 0 Å². The molecule has 2 rings (SSSR count). The molecule has 0 aliphatic rings. The Balaban J connectivity index is 2.62. The summed E-state index contributed by atoms with van der Waals surface area (Å²) < 4.78 is 0.739. The van der Waals surface area contributed by atoms with Gasteiger partial charge in [-0.2, -0.15) is 0 Å². The molecule has 1 heterocycles. The van der Waals surface area contributed by atoms with Gasteiger partial charge in [0.2, 0.25) is 0 Å². The van der Waals surface area contributed by atoms with Crippen molar-refractivity contribution >= 4 is 22.2 Å². The normalized spacial score (nSPS) is 10.4. The Kier molecular flexibility index (Phi) is 2.92.